The minimum absolute atomic E-state index is 0.459. The van der Waals surface area contributed by atoms with Crippen molar-refractivity contribution in [3.63, 3.8) is 0 Å². The summed E-state index contributed by atoms with van der Waals surface area (Å²) < 4.78 is 0. The lowest BCUT2D eigenvalue weighted by atomic mass is 9.78. The van der Waals surface area contributed by atoms with Crippen LogP contribution in [-0.4, -0.2) is 19.6 Å². The average Bonchev–Trinajstić information content (AvgIpc) is 2.67. The largest absolute Gasteiger partial charge is 0.355 e. The molecule has 0 amide bonds. The van der Waals surface area contributed by atoms with E-state index in [0.29, 0.717) is 11.4 Å². The SMILES string of the molecule is CN=C(NN)NCC1(CC(C)C)CCCC1. The Kier molecular flexibility index (Phi) is 5.06. The molecular formula is C12H26N4. The van der Waals surface area contributed by atoms with E-state index in [1.807, 2.05) is 0 Å². The van der Waals surface area contributed by atoms with E-state index in [4.69, 9.17) is 5.84 Å². The number of guanidine groups is 1. The molecule has 0 saturated heterocycles. The Morgan fingerprint density at radius 2 is 2.00 bits per heavy atom. The molecule has 0 radical (unpaired) electrons. The fourth-order valence-corrected chi connectivity index (χ4v) is 2.91. The zero-order valence-corrected chi connectivity index (χ0v) is 10.8. The minimum Gasteiger partial charge on any atom is -0.355 e. The molecule has 0 aliphatic heterocycles. The topological polar surface area (TPSA) is 62.4 Å². The van der Waals surface area contributed by atoms with E-state index in [9.17, 15) is 0 Å². The van der Waals surface area contributed by atoms with Crippen LogP contribution < -0.4 is 16.6 Å². The molecule has 4 N–H and O–H groups in total. The lowest BCUT2D eigenvalue weighted by Crippen LogP contribution is -2.46. The zero-order valence-electron chi connectivity index (χ0n) is 10.8. The molecule has 0 unspecified atom stereocenters. The molecule has 1 aliphatic rings. The van der Waals surface area contributed by atoms with Crippen molar-refractivity contribution in [3.8, 4) is 0 Å². The van der Waals surface area contributed by atoms with Crippen molar-refractivity contribution in [3.05, 3.63) is 0 Å². The zero-order chi connectivity index (χ0) is 12.0. The molecule has 0 spiro atoms. The van der Waals surface area contributed by atoms with Gasteiger partial charge in [0.1, 0.15) is 0 Å². The molecule has 0 aromatic rings. The van der Waals surface area contributed by atoms with Crippen molar-refractivity contribution in [1.29, 1.82) is 0 Å². The van der Waals surface area contributed by atoms with Crippen molar-refractivity contribution < 1.29 is 0 Å². The van der Waals surface area contributed by atoms with Gasteiger partial charge >= 0.3 is 0 Å². The fourth-order valence-electron chi connectivity index (χ4n) is 2.91. The molecule has 1 aliphatic carbocycles. The number of nitrogens with zero attached hydrogens (tertiary/aromatic N) is 1. The summed E-state index contributed by atoms with van der Waals surface area (Å²) in [7, 11) is 1.74. The van der Waals surface area contributed by atoms with Gasteiger partial charge in [0.15, 0.2) is 0 Å². The highest BCUT2D eigenvalue weighted by Crippen LogP contribution is 2.42. The van der Waals surface area contributed by atoms with Gasteiger partial charge in [-0.2, -0.15) is 0 Å². The monoisotopic (exact) mass is 226 g/mol. The molecule has 4 heteroatoms. The van der Waals surface area contributed by atoms with E-state index >= 15 is 0 Å². The first-order valence-electron chi connectivity index (χ1n) is 6.29. The maximum absolute atomic E-state index is 5.37. The van der Waals surface area contributed by atoms with Gasteiger partial charge in [0.25, 0.3) is 0 Å². The van der Waals surface area contributed by atoms with Gasteiger partial charge in [-0.05, 0) is 30.6 Å². The maximum atomic E-state index is 5.37. The van der Waals surface area contributed by atoms with Crippen LogP contribution in [-0.2, 0) is 0 Å². The molecule has 0 aromatic carbocycles. The Balaban J connectivity index is 2.51. The van der Waals surface area contributed by atoms with Gasteiger partial charge in [-0.1, -0.05) is 26.7 Å². The number of hydrazine groups is 1. The molecule has 1 saturated carbocycles. The summed E-state index contributed by atoms with van der Waals surface area (Å²) in [6, 6.07) is 0. The van der Waals surface area contributed by atoms with E-state index in [0.717, 1.165) is 12.5 Å². The third-order valence-electron chi connectivity index (χ3n) is 3.50. The Morgan fingerprint density at radius 3 is 2.44 bits per heavy atom. The maximum Gasteiger partial charge on any atom is 0.205 e. The Hall–Kier alpha value is -0.770. The van der Waals surface area contributed by atoms with E-state index in [-0.39, 0.29) is 0 Å². The summed E-state index contributed by atoms with van der Waals surface area (Å²) >= 11 is 0. The van der Waals surface area contributed by atoms with Crippen LogP contribution in [0.15, 0.2) is 4.99 Å². The van der Waals surface area contributed by atoms with Crippen molar-refractivity contribution in [2.75, 3.05) is 13.6 Å². The van der Waals surface area contributed by atoms with E-state index < -0.39 is 0 Å². The summed E-state index contributed by atoms with van der Waals surface area (Å²) in [6.07, 6.45) is 6.69. The number of aliphatic imine (C=N–C) groups is 1. The first kappa shape index (κ1) is 13.3. The smallest absolute Gasteiger partial charge is 0.205 e. The molecule has 94 valence electrons. The van der Waals surface area contributed by atoms with Crippen molar-refractivity contribution >= 4 is 5.96 Å². The number of hydrogen-bond acceptors (Lipinski definition) is 2. The van der Waals surface area contributed by atoms with Gasteiger partial charge in [-0.3, -0.25) is 10.4 Å². The average molecular weight is 226 g/mol. The molecule has 1 fully saturated rings. The predicted molar refractivity (Wildman–Crippen MR) is 69.0 cm³/mol. The molecule has 0 atom stereocenters. The normalized spacial score (nSPS) is 20.2. The summed E-state index contributed by atoms with van der Waals surface area (Å²) in [6.45, 7) is 5.59. The molecular weight excluding hydrogens is 200 g/mol. The van der Waals surface area contributed by atoms with Crippen LogP contribution >= 0.6 is 0 Å². The Morgan fingerprint density at radius 1 is 1.38 bits per heavy atom. The van der Waals surface area contributed by atoms with Gasteiger partial charge in [-0.15, -0.1) is 0 Å². The van der Waals surface area contributed by atoms with Crippen LogP contribution in [0.5, 0.6) is 0 Å². The van der Waals surface area contributed by atoms with Crippen LogP contribution in [0.4, 0.5) is 0 Å². The third-order valence-corrected chi connectivity index (χ3v) is 3.50. The lowest BCUT2D eigenvalue weighted by molar-refractivity contribution is 0.235. The quantitative estimate of drug-likeness (QED) is 0.295. The van der Waals surface area contributed by atoms with Crippen molar-refractivity contribution in [2.45, 2.75) is 46.0 Å². The van der Waals surface area contributed by atoms with Gasteiger partial charge in [0.2, 0.25) is 5.96 Å². The van der Waals surface area contributed by atoms with Crippen LogP contribution in [0.2, 0.25) is 0 Å². The third kappa shape index (κ3) is 3.67. The highest BCUT2D eigenvalue weighted by molar-refractivity contribution is 5.78. The molecule has 0 bridgehead atoms. The molecule has 0 heterocycles. The van der Waals surface area contributed by atoms with Gasteiger partial charge in [0.05, 0.1) is 0 Å². The molecule has 4 nitrogen and oxygen atoms in total. The second-order valence-electron chi connectivity index (χ2n) is 5.38. The Bertz CT molecular complexity index is 229. The van der Waals surface area contributed by atoms with Gasteiger partial charge in [0, 0.05) is 13.6 Å². The summed E-state index contributed by atoms with van der Waals surface area (Å²) in [5.41, 5.74) is 3.04. The highest BCUT2D eigenvalue weighted by Gasteiger charge is 2.34. The predicted octanol–water partition coefficient (Wildman–Crippen LogP) is 1.63. The highest BCUT2D eigenvalue weighted by atomic mass is 15.3. The Labute approximate surface area is 99.1 Å². The van der Waals surface area contributed by atoms with Crippen LogP contribution in [0.1, 0.15) is 46.0 Å². The van der Waals surface area contributed by atoms with E-state index in [2.05, 4.69) is 29.6 Å². The summed E-state index contributed by atoms with van der Waals surface area (Å²) in [5, 5.41) is 3.32. The second-order valence-corrected chi connectivity index (χ2v) is 5.38. The second kappa shape index (κ2) is 6.09. The molecule has 0 aromatic heterocycles. The first-order chi connectivity index (χ1) is 7.62. The van der Waals surface area contributed by atoms with E-state index in [1.165, 1.54) is 32.1 Å². The molecule has 1 rings (SSSR count). The van der Waals surface area contributed by atoms with Crippen molar-refractivity contribution in [1.82, 2.24) is 10.7 Å². The molecule has 16 heavy (non-hydrogen) atoms. The number of nitrogens with two attached hydrogens (primary N) is 1. The first-order valence-corrected chi connectivity index (χ1v) is 6.29. The summed E-state index contributed by atoms with van der Waals surface area (Å²) in [5.74, 6) is 6.82. The lowest BCUT2D eigenvalue weighted by Gasteiger charge is -2.31. The fraction of sp³-hybridized carbons (Fsp3) is 0.917. The minimum atomic E-state index is 0.459. The van der Waals surface area contributed by atoms with Gasteiger partial charge in [-0.25, -0.2) is 5.84 Å². The number of rotatable bonds is 4. The van der Waals surface area contributed by atoms with Gasteiger partial charge < -0.3 is 5.32 Å². The van der Waals surface area contributed by atoms with Crippen molar-refractivity contribution in [2.24, 2.45) is 22.2 Å². The number of hydrogen-bond donors (Lipinski definition) is 3. The van der Waals surface area contributed by atoms with E-state index in [1.54, 1.807) is 7.05 Å². The van der Waals surface area contributed by atoms with Crippen LogP contribution in [0.3, 0.4) is 0 Å². The van der Waals surface area contributed by atoms with Crippen LogP contribution in [0.25, 0.3) is 0 Å². The van der Waals surface area contributed by atoms with Crippen LogP contribution in [0, 0.1) is 11.3 Å². The number of nitrogens with one attached hydrogen (secondary N) is 2. The standard InChI is InChI=1S/C12H26N4/c1-10(2)8-12(6-4-5-7-12)9-15-11(14-3)16-13/h10H,4-9,13H2,1-3H3,(H2,14,15,16). The summed E-state index contributed by atoms with van der Waals surface area (Å²) in [4.78, 5) is 4.05.